The lowest BCUT2D eigenvalue weighted by Gasteiger charge is -2.31. The molecule has 0 bridgehead atoms. The van der Waals surface area contributed by atoms with E-state index in [0.717, 1.165) is 0 Å². The normalized spacial score (nSPS) is 15.5. The summed E-state index contributed by atoms with van der Waals surface area (Å²) < 4.78 is 0. The molecule has 0 unspecified atom stereocenters. The number of carbonyl (C=O) groups is 2. The first-order valence-electron chi connectivity index (χ1n) is 7.69. The van der Waals surface area contributed by atoms with Crippen LogP contribution in [0.25, 0.3) is 0 Å². The van der Waals surface area contributed by atoms with Crippen molar-refractivity contribution >= 4 is 40.7 Å². The quantitative estimate of drug-likeness (QED) is 0.851. The second-order valence-electron chi connectivity index (χ2n) is 5.63. The molecule has 23 heavy (non-hydrogen) atoms. The van der Waals surface area contributed by atoms with E-state index in [0.29, 0.717) is 54.6 Å². The number of piperidine rings is 1. The highest BCUT2D eigenvalue weighted by Crippen LogP contribution is 2.26. The summed E-state index contributed by atoms with van der Waals surface area (Å²) in [5.41, 5.74) is 0.636. The van der Waals surface area contributed by atoms with E-state index in [1.165, 1.54) is 0 Å². The molecule has 2 rings (SSSR count). The van der Waals surface area contributed by atoms with E-state index in [-0.39, 0.29) is 17.7 Å². The predicted octanol–water partition coefficient (Wildman–Crippen LogP) is 2.78. The first-order valence-corrected chi connectivity index (χ1v) is 8.45. The van der Waals surface area contributed by atoms with Crippen LogP contribution in [0, 0.1) is 5.92 Å². The molecule has 2 N–H and O–H groups in total. The van der Waals surface area contributed by atoms with Crippen LogP contribution in [0.3, 0.4) is 0 Å². The number of anilines is 1. The summed E-state index contributed by atoms with van der Waals surface area (Å²) in [6.45, 7) is 1.93. The molecule has 7 heteroatoms. The second-order valence-corrected chi connectivity index (χ2v) is 6.44. The number of benzene rings is 1. The number of likely N-dealkylation sites (tertiary alicyclic amines) is 1. The Balaban J connectivity index is 1.83. The molecule has 5 nitrogen and oxygen atoms in total. The van der Waals surface area contributed by atoms with Gasteiger partial charge in [0.05, 0.1) is 10.0 Å². The van der Waals surface area contributed by atoms with Gasteiger partial charge in [-0.25, -0.2) is 0 Å². The van der Waals surface area contributed by atoms with Crippen LogP contribution in [0.15, 0.2) is 18.2 Å². The van der Waals surface area contributed by atoms with Crippen molar-refractivity contribution in [2.75, 3.05) is 32.0 Å². The fourth-order valence-corrected chi connectivity index (χ4v) is 2.90. The summed E-state index contributed by atoms with van der Waals surface area (Å²) in [6.07, 6.45) is 1.85. The first-order chi connectivity index (χ1) is 11.0. The van der Waals surface area contributed by atoms with Crippen molar-refractivity contribution in [2.24, 2.45) is 5.92 Å². The number of halogens is 2. The monoisotopic (exact) mass is 357 g/mol. The minimum absolute atomic E-state index is 0.0364. The summed E-state index contributed by atoms with van der Waals surface area (Å²) in [5, 5.41) is 6.70. The topological polar surface area (TPSA) is 61.4 Å². The van der Waals surface area contributed by atoms with Gasteiger partial charge in [0.25, 0.3) is 0 Å². The molecule has 1 aliphatic rings. The minimum atomic E-state index is -0.0854. The highest BCUT2D eigenvalue weighted by molar-refractivity contribution is 6.42. The molecule has 1 aromatic rings. The van der Waals surface area contributed by atoms with Gasteiger partial charge in [0.1, 0.15) is 0 Å². The van der Waals surface area contributed by atoms with Crippen LogP contribution in [0.5, 0.6) is 0 Å². The molecule has 0 aliphatic carbocycles. The van der Waals surface area contributed by atoms with Gasteiger partial charge in [0.15, 0.2) is 0 Å². The third-order valence-electron chi connectivity index (χ3n) is 3.99. The van der Waals surface area contributed by atoms with Crippen molar-refractivity contribution in [1.29, 1.82) is 0 Å². The maximum atomic E-state index is 12.3. The number of amides is 2. The standard InChI is InChI=1S/C16H21Cl2N3O2/c1-19-7-4-15(22)21-8-5-11(6-9-21)16(23)20-12-2-3-13(17)14(18)10-12/h2-3,10-11,19H,4-9H2,1H3,(H,20,23). The van der Waals surface area contributed by atoms with Crippen molar-refractivity contribution < 1.29 is 9.59 Å². The summed E-state index contributed by atoms with van der Waals surface area (Å²) in [5.74, 6) is 0.0196. The molecule has 0 atom stereocenters. The van der Waals surface area contributed by atoms with Gasteiger partial charge in [0, 0.05) is 37.7 Å². The predicted molar refractivity (Wildman–Crippen MR) is 92.9 cm³/mol. The SMILES string of the molecule is CNCCC(=O)N1CCC(C(=O)Nc2ccc(Cl)c(Cl)c2)CC1. The fourth-order valence-electron chi connectivity index (χ4n) is 2.60. The van der Waals surface area contributed by atoms with Gasteiger partial charge < -0.3 is 15.5 Å². The van der Waals surface area contributed by atoms with Gasteiger partial charge in [0.2, 0.25) is 11.8 Å². The van der Waals surface area contributed by atoms with Crippen LogP contribution in [-0.4, -0.2) is 43.4 Å². The Morgan fingerprint density at radius 1 is 1.22 bits per heavy atom. The lowest BCUT2D eigenvalue weighted by atomic mass is 9.95. The summed E-state index contributed by atoms with van der Waals surface area (Å²) >= 11 is 11.8. The Hall–Kier alpha value is -1.30. The molecule has 126 valence electrons. The van der Waals surface area contributed by atoms with E-state index in [4.69, 9.17) is 23.2 Å². The van der Waals surface area contributed by atoms with Crippen molar-refractivity contribution in [3.63, 3.8) is 0 Å². The van der Waals surface area contributed by atoms with E-state index in [9.17, 15) is 9.59 Å². The van der Waals surface area contributed by atoms with Crippen LogP contribution >= 0.6 is 23.2 Å². The number of nitrogens with one attached hydrogen (secondary N) is 2. The van der Waals surface area contributed by atoms with Crippen LogP contribution in [-0.2, 0) is 9.59 Å². The van der Waals surface area contributed by atoms with Crippen LogP contribution < -0.4 is 10.6 Å². The van der Waals surface area contributed by atoms with Crippen molar-refractivity contribution in [2.45, 2.75) is 19.3 Å². The molecular formula is C16H21Cl2N3O2. The van der Waals surface area contributed by atoms with Gasteiger partial charge in [-0.1, -0.05) is 23.2 Å². The molecule has 0 spiro atoms. The van der Waals surface area contributed by atoms with Crippen molar-refractivity contribution in [3.8, 4) is 0 Å². The maximum absolute atomic E-state index is 12.3. The zero-order valence-corrected chi connectivity index (χ0v) is 14.6. The van der Waals surface area contributed by atoms with E-state index in [2.05, 4.69) is 10.6 Å². The fraction of sp³-hybridized carbons (Fsp3) is 0.500. The van der Waals surface area contributed by atoms with Gasteiger partial charge in [-0.15, -0.1) is 0 Å². The largest absolute Gasteiger partial charge is 0.343 e. The zero-order chi connectivity index (χ0) is 16.8. The van der Waals surface area contributed by atoms with Gasteiger partial charge in [-0.3, -0.25) is 9.59 Å². The van der Waals surface area contributed by atoms with Crippen molar-refractivity contribution in [3.05, 3.63) is 28.2 Å². The zero-order valence-electron chi connectivity index (χ0n) is 13.1. The van der Waals surface area contributed by atoms with Gasteiger partial charge >= 0.3 is 0 Å². The van der Waals surface area contributed by atoms with Gasteiger partial charge in [-0.05, 0) is 38.1 Å². The number of hydrogen-bond acceptors (Lipinski definition) is 3. The maximum Gasteiger partial charge on any atom is 0.227 e. The van der Waals surface area contributed by atoms with Gasteiger partial charge in [-0.2, -0.15) is 0 Å². The average molecular weight is 358 g/mol. The molecule has 1 aliphatic heterocycles. The summed E-state index contributed by atoms with van der Waals surface area (Å²) in [7, 11) is 1.83. The summed E-state index contributed by atoms with van der Waals surface area (Å²) in [4.78, 5) is 26.1. The number of nitrogens with zero attached hydrogens (tertiary/aromatic N) is 1. The molecule has 1 saturated heterocycles. The lowest BCUT2D eigenvalue weighted by molar-refractivity contribution is -0.134. The molecule has 1 heterocycles. The van der Waals surface area contributed by atoms with E-state index >= 15 is 0 Å². The molecule has 0 saturated carbocycles. The number of rotatable bonds is 5. The smallest absolute Gasteiger partial charge is 0.227 e. The van der Waals surface area contributed by atoms with Crippen molar-refractivity contribution in [1.82, 2.24) is 10.2 Å². The molecular weight excluding hydrogens is 337 g/mol. The van der Waals surface area contributed by atoms with E-state index in [1.807, 2.05) is 11.9 Å². The first kappa shape index (κ1) is 18.0. The third-order valence-corrected chi connectivity index (χ3v) is 4.73. The lowest BCUT2D eigenvalue weighted by Crippen LogP contribution is -2.42. The molecule has 1 aromatic carbocycles. The van der Waals surface area contributed by atoms with Crippen LogP contribution in [0.4, 0.5) is 5.69 Å². The molecule has 0 aromatic heterocycles. The Bertz CT molecular complexity index is 572. The molecule has 1 fully saturated rings. The Kier molecular flexibility index (Phi) is 6.69. The Labute approximate surface area is 146 Å². The minimum Gasteiger partial charge on any atom is -0.343 e. The number of hydrogen-bond donors (Lipinski definition) is 2. The second kappa shape index (κ2) is 8.52. The Morgan fingerprint density at radius 3 is 2.52 bits per heavy atom. The number of carbonyl (C=O) groups excluding carboxylic acids is 2. The highest BCUT2D eigenvalue weighted by atomic mass is 35.5. The Morgan fingerprint density at radius 2 is 1.91 bits per heavy atom. The van der Waals surface area contributed by atoms with Crippen LogP contribution in [0.1, 0.15) is 19.3 Å². The van der Waals surface area contributed by atoms with Crippen LogP contribution in [0.2, 0.25) is 10.0 Å². The summed E-state index contributed by atoms with van der Waals surface area (Å²) in [6, 6.07) is 5.02. The van der Waals surface area contributed by atoms with E-state index < -0.39 is 0 Å². The highest BCUT2D eigenvalue weighted by Gasteiger charge is 2.27. The average Bonchev–Trinajstić information content (AvgIpc) is 2.56. The third kappa shape index (κ3) is 5.09. The molecule has 0 radical (unpaired) electrons. The van der Waals surface area contributed by atoms with E-state index in [1.54, 1.807) is 18.2 Å². The molecule has 2 amide bonds.